The number of ketones is 2. The molecule has 102 valence electrons. The first-order valence-electron chi connectivity index (χ1n) is 6.46. The van der Waals surface area contributed by atoms with E-state index < -0.39 is 0 Å². The Morgan fingerprint density at radius 1 is 0.800 bits per heavy atom. The van der Waals surface area contributed by atoms with E-state index in [9.17, 15) is 9.59 Å². The molecule has 0 unspecified atom stereocenters. The monoisotopic (exact) mass is 268 g/mol. The van der Waals surface area contributed by atoms with Crippen LogP contribution in [-0.4, -0.2) is 18.7 Å². The molecule has 0 bridgehead atoms. The van der Waals surface area contributed by atoms with Crippen LogP contribution in [0.3, 0.4) is 0 Å². The lowest BCUT2D eigenvalue weighted by atomic mass is 10.0. The number of carbonyl (C=O) groups excluding carboxylic acids is 2. The minimum atomic E-state index is -0.0306. The molecule has 0 saturated heterocycles. The van der Waals surface area contributed by atoms with Crippen molar-refractivity contribution in [3.05, 3.63) is 65.7 Å². The highest BCUT2D eigenvalue weighted by atomic mass is 16.5. The zero-order valence-electron chi connectivity index (χ0n) is 11.3. The number of hydrogen-bond acceptors (Lipinski definition) is 3. The van der Waals surface area contributed by atoms with Gasteiger partial charge in [0.05, 0.1) is 7.11 Å². The summed E-state index contributed by atoms with van der Waals surface area (Å²) >= 11 is 0. The van der Waals surface area contributed by atoms with E-state index in [0.717, 1.165) is 0 Å². The minimum Gasteiger partial charge on any atom is -0.497 e. The first-order chi connectivity index (χ1) is 9.70. The van der Waals surface area contributed by atoms with Gasteiger partial charge in [0, 0.05) is 24.0 Å². The maximum absolute atomic E-state index is 12.0. The van der Waals surface area contributed by atoms with Crippen molar-refractivity contribution in [2.75, 3.05) is 7.11 Å². The van der Waals surface area contributed by atoms with Gasteiger partial charge in [0.1, 0.15) is 5.75 Å². The van der Waals surface area contributed by atoms with Gasteiger partial charge >= 0.3 is 0 Å². The van der Waals surface area contributed by atoms with E-state index in [1.807, 2.05) is 18.2 Å². The van der Waals surface area contributed by atoms with Gasteiger partial charge in [-0.3, -0.25) is 9.59 Å². The topological polar surface area (TPSA) is 43.4 Å². The van der Waals surface area contributed by atoms with E-state index >= 15 is 0 Å². The molecule has 2 rings (SSSR count). The molecule has 0 N–H and O–H groups in total. The number of benzene rings is 2. The van der Waals surface area contributed by atoms with E-state index in [-0.39, 0.29) is 24.4 Å². The third-order valence-electron chi connectivity index (χ3n) is 3.09. The zero-order chi connectivity index (χ0) is 14.4. The fraction of sp³-hybridized carbons (Fsp3) is 0.176. The summed E-state index contributed by atoms with van der Waals surface area (Å²) in [5.41, 5.74) is 1.25. The third kappa shape index (κ3) is 3.54. The van der Waals surface area contributed by atoms with E-state index in [2.05, 4.69) is 0 Å². The number of Topliss-reactive ketones (excluding diaryl/α,β-unsaturated/α-hetero) is 2. The van der Waals surface area contributed by atoms with Gasteiger partial charge in [-0.25, -0.2) is 0 Å². The molecule has 3 nitrogen and oxygen atoms in total. The molecule has 0 radical (unpaired) electrons. The average Bonchev–Trinajstić information content (AvgIpc) is 2.53. The second-order valence-electron chi connectivity index (χ2n) is 4.44. The summed E-state index contributed by atoms with van der Waals surface area (Å²) in [7, 11) is 1.58. The number of methoxy groups -OCH3 is 1. The Kier molecular flexibility index (Phi) is 4.66. The van der Waals surface area contributed by atoms with Gasteiger partial charge in [-0.05, 0) is 24.3 Å². The molecule has 2 aromatic rings. The van der Waals surface area contributed by atoms with Crippen molar-refractivity contribution in [2.24, 2.45) is 0 Å². The van der Waals surface area contributed by atoms with Crippen molar-refractivity contribution in [3.8, 4) is 5.75 Å². The zero-order valence-corrected chi connectivity index (χ0v) is 11.3. The summed E-state index contributed by atoms with van der Waals surface area (Å²) in [6, 6.07) is 15.9. The molecule has 20 heavy (non-hydrogen) atoms. The Hall–Kier alpha value is -2.42. The molecule has 0 saturated carbocycles. The number of hydrogen-bond donors (Lipinski definition) is 0. The van der Waals surface area contributed by atoms with Crippen molar-refractivity contribution < 1.29 is 14.3 Å². The van der Waals surface area contributed by atoms with Crippen molar-refractivity contribution in [1.29, 1.82) is 0 Å². The van der Waals surface area contributed by atoms with Crippen LogP contribution in [-0.2, 0) is 0 Å². The lowest BCUT2D eigenvalue weighted by Gasteiger charge is -2.03. The van der Waals surface area contributed by atoms with Crippen LogP contribution in [0.5, 0.6) is 5.75 Å². The number of carbonyl (C=O) groups is 2. The van der Waals surface area contributed by atoms with E-state index in [0.29, 0.717) is 16.9 Å². The Balaban J connectivity index is 1.93. The summed E-state index contributed by atoms with van der Waals surface area (Å²) < 4.78 is 5.04. The van der Waals surface area contributed by atoms with Crippen LogP contribution in [0.25, 0.3) is 0 Å². The molecule has 0 amide bonds. The molecule has 0 aliphatic carbocycles. The molecule has 0 aromatic heterocycles. The van der Waals surface area contributed by atoms with Crippen molar-refractivity contribution >= 4 is 11.6 Å². The highest BCUT2D eigenvalue weighted by Crippen LogP contribution is 2.14. The van der Waals surface area contributed by atoms with Gasteiger partial charge in [-0.1, -0.05) is 30.3 Å². The molecule has 0 spiro atoms. The van der Waals surface area contributed by atoms with Crippen LogP contribution < -0.4 is 4.74 Å². The van der Waals surface area contributed by atoms with Gasteiger partial charge in [-0.2, -0.15) is 0 Å². The lowest BCUT2D eigenvalue weighted by molar-refractivity contribution is 0.0917. The normalized spacial score (nSPS) is 10.1. The second-order valence-corrected chi connectivity index (χ2v) is 4.44. The quantitative estimate of drug-likeness (QED) is 0.753. The third-order valence-corrected chi connectivity index (χ3v) is 3.09. The lowest BCUT2D eigenvalue weighted by Crippen LogP contribution is -2.05. The van der Waals surface area contributed by atoms with Crippen LogP contribution in [0.1, 0.15) is 33.6 Å². The first kappa shape index (κ1) is 14.0. The molecule has 0 aliphatic rings. The molecule has 0 heterocycles. The maximum Gasteiger partial charge on any atom is 0.163 e. The Labute approximate surface area is 118 Å². The van der Waals surface area contributed by atoms with Gasteiger partial charge in [0.25, 0.3) is 0 Å². The molecule has 3 heteroatoms. The fourth-order valence-corrected chi connectivity index (χ4v) is 1.92. The fourth-order valence-electron chi connectivity index (χ4n) is 1.92. The summed E-state index contributed by atoms with van der Waals surface area (Å²) in [5, 5.41) is 0. The Morgan fingerprint density at radius 2 is 1.30 bits per heavy atom. The predicted octanol–water partition coefficient (Wildman–Crippen LogP) is 3.54. The largest absolute Gasteiger partial charge is 0.497 e. The van der Waals surface area contributed by atoms with Crippen molar-refractivity contribution in [2.45, 2.75) is 12.8 Å². The van der Waals surface area contributed by atoms with Gasteiger partial charge < -0.3 is 4.74 Å². The van der Waals surface area contributed by atoms with Crippen LogP contribution in [0.2, 0.25) is 0 Å². The summed E-state index contributed by atoms with van der Waals surface area (Å²) in [4.78, 5) is 23.9. The van der Waals surface area contributed by atoms with E-state index in [4.69, 9.17) is 4.74 Å². The SMILES string of the molecule is COc1ccc(C(=O)CCC(=O)c2ccccc2)cc1. The Bertz CT molecular complexity index is 585. The number of rotatable bonds is 6. The van der Waals surface area contributed by atoms with Gasteiger partial charge in [0.15, 0.2) is 11.6 Å². The second kappa shape index (κ2) is 6.66. The van der Waals surface area contributed by atoms with Gasteiger partial charge in [0.2, 0.25) is 0 Å². The summed E-state index contributed by atoms with van der Waals surface area (Å²) in [6.07, 6.45) is 0.453. The van der Waals surface area contributed by atoms with Crippen LogP contribution in [0.4, 0.5) is 0 Å². The molecule has 0 aliphatic heterocycles. The maximum atomic E-state index is 12.0. The highest BCUT2D eigenvalue weighted by Gasteiger charge is 2.10. The van der Waals surface area contributed by atoms with E-state index in [1.165, 1.54) is 0 Å². The summed E-state index contributed by atoms with van der Waals surface area (Å²) in [6.45, 7) is 0. The first-order valence-corrected chi connectivity index (χ1v) is 6.46. The smallest absolute Gasteiger partial charge is 0.163 e. The van der Waals surface area contributed by atoms with Crippen molar-refractivity contribution in [1.82, 2.24) is 0 Å². The van der Waals surface area contributed by atoms with Crippen LogP contribution in [0.15, 0.2) is 54.6 Å². The minimum absolute atomic E-state index is 0.00698. The standard InChI is InChI=1S/C17H16O3/c1-20-15-9-7-14(8-10-15)17(19)12-11-16(18)13-5-3-2-4-6-13/h2-10H,11-12H2,1H3. The Morgan fingerprint density at radius 3 is 1.80 bits per heavy atom. The van der Waals surface area contributed by atoms with Gasteiger partial charge in [-0.15, -0.1) is 0 Å². The van der Waals surface area contributed by atoms with Crippen LogP contribution in [0, 0.1) is 0 Å². The number of ether oxygens (including phenoxy) is 1. The molecular weight excluding hydrogens is 252 g/mol. The molecular formula is C17H16O3. The molecule has 0 fully saturated rings. The summed E-state index contributed by atoms with van der Waals surface area (Å²) in [5.74, 6) is 0.673. The average molecular weight is 268 g/mol. The predicted molar refractivity (Wildman–Crippen MR) is 77.3 cm³/mol. The highest BCUT2D eigenvalue weighted by molar-refractivity contribution is 6.02. The molecule has 0 atom stereocenters. The van der Waals surface area contributed by atoms with Crippen LogP contribution >= 0.6 is 0 Å². The molecule has 2 aromatic carbocycles. The van der Waals surface area contributed by atoms with Crippen molar-refractivity contribution in [3.63, 3.8) is 0 Å². The van der Waals surface area contributed by atoms with E-state index in [1.54, 1.807) is 43.5 Å².